The highest BCUT2D eigenvalue weighted by Gasteiger charge is 2.38. The van der Waals surface area contributed by atoms with Gasteiger partial charge in [-0.25, -0.2) is 0 Å². The third-order valence-electron chi connectivity index (χ3n) is 1.78. The van der Waals surface area contributed by atoms with Crippen LogP contribution in [0.1, 0.15) is 11.1 Å². The number of nitriles is 1. The molecule has 15 heavy (non-hydrogen) atoms. The SMILES string of the molecule is N#Cc1cccc(B(O)O)c1C(F)(F)F. The molecule has 0 bridgehead atoms. The lowest BCUT2D eigenvalue weighted by molar-refractivity contribution is -0.137. The largest absolute Gasteiger partial charge is 0.489 e. The standard InChI is InChI=1S/C8H5BF3NO2/c10-8(11,12)7-5(4-13)2-1-3-6(7)9(14)15/h1-3,14-15H. The van der Waals surface area contributed by atoms with E-state index in [-0.39, 0.29) is 0 Å². The Morgan fingerprint density at radius 2 is 1.87 bits per heavy atom. The molecule has 0 radical (unpaired) electrons. The normalized spacial score (nSPS) is 10.9. The number of hydrogen-bond donors (Lipinski definition) is 2. The van der Waals surface area contributed by atoms with E-state index in [1.165, 1.54) is 6.07 Å². The third kappa shape index (κ3) is 2.29. The van der Waals surface area contributed by atoms with Crippen LogP contribution in [-0.4, -0.2) is 17.2 Å². The first-order valence-electron chi connectivity index (χ1n) is 3.84. The Balaban J connectivity index is 3.50. The van der Waals surface area contributed by atoms with E-state index in [1.807, 2.05) is 0 Å². The Morgan fingerprint density at radius 3 is 2.27 bits per heavy atom. The number of rotatable bonds is 1. The molecule has 2 N–H and O–H groups in total. The molecular formula is C8H5BF3NO2. The summed E-state index contributed by atoms with van der Waals surface area (Å²) in [6.07, 6.45) is -4.79. The van der Waals surface area contributed by atoms with Gasteiger partial charge in [-0.05, 0) is 11.5 Å². The predicted molar refractivity (Wildman–Crippen MR) is 46.0 cm³/mol. The quantitative estimate of drug-likeness (QED) is 0.660. The fourth-order valence-corrected chi connectivity index (χ4v) is 1.19. The highest BCUT2D eigenvalue weighted by molar-refractivity contribution is 6.59. The summed E-state index contributed by atoms with van der Waals surface area (Å²) in [6.45, 7) is 0. The zero-order valence-corrected chi connectivity index (χ0v) is 7.28. The molecule has 0 unspecified atom stereocenters. The molecule has 0 heterocycles. The molecule has 0 atom stereocenters. The van der Waals surface area contributed by atoms with Crippen molar-refractivity contribution < 1.29 is 23.2 Å². The molecule has 0 aliphatic carbocycles. The zero-order valence-electron chi connectivity index (χ0n) is 7.28. The Labute approximate surface area is 83.5 Å². The molecule has 78 valence electrons. The molecular weight excluding hydrogens is 210 g/mol. The van der Waals surface area contributed by atoms with E-state index < -0.39 is 29.9 Å². The summed E-state index contributed by atoms with van der Waals surface area (Å²) in [5.74, 6) is 0. The molecule has 0 aliphatic heterocycles. The molecule has 1 aromatic carbocycles. The summed E-state index contributed by atoms with van der Waals surface area (Å²) in [4.78, 5) is 0. The van der Waals surface area contributed by atoms with Crippen LogP contribution in [0, 0.1) is 11.3 Å². The van der Waals surface area contributed by atoms with Crippen molar-refractivity contribution in [2.45, 2.75) is 6.18 Å². The van der Waals surface area contributed by atoms with Gasteiger partial charge >= 0.3 is 13.3 Å². The van der Waals surface area contributed by atoms with Gasteiger partial charge in [-0.15, -0.1) is 0 Å². The number of hydrogen-bond acceptors (Lipinski definition) is 3. The molecule has 0 spiro atoms. The molecule has 0 saturated carbocycles. The summed E-state index contributed by atoms with van der Waals surface area (Å²) in [6, 6.07) is 4.39. The molecule has 3 nitrogen and oxygen atoms in total. The van der Waals surface area contributed by atoms with E-state index in [0.717, 1.165) is 18.2 Å². The predicted octanol–water partition coefficient (Wildman–Crippen LogP) is 0.257. The van der Waals surface area contributed by atoms with Gasteiger partial charge in [-0.3, -0.25) is 0 Å². The minimum absolute atomic E-state index is 0.631. The first-order chi connectivity index (χ1) is 6.88. The maximum atomic E-state index is 12.5. The maximum absolute atomic E-state index is 12.5. The van der Waals surface area contributed by atoms with Crippen LogP contribution in [0.2, 0.25) is 0 Å². The van der Waals surface area contributed by atoms with Crippen molar-refractivity contribution >= 4 is 12.6 Å². The Bertz CT molecular complexity index is 411. The summed E-state index contributed by atoms with van der Waals surface area (Å²) in [5, 5.41) is 25.9. The maximum Gasteiger partial charge on any atom is 0.489 e. The summed E-state index contributed by atoms with van der Waals surface area (Å²) in [5.41, 5.74) is -2.66. The van der Waals surface area contributed by atoms with E-state index in [9.17, 15) is 13.2 Å². The molecule has 1 aromatic rings. The second-order valence-corrected chi connectivity index (χ2v) is 2.75. The minimum atomic E-state index is -4.79. The number of nitrogens with zero attached hydrogens (tertiary/aromatic N) is 1. The fourth-order valence-electron chi connectivity index (χ4n) is 1.19. The molecule has 7 heteroatoms. The fraction of sp³-hybridized carbons (Fsp3) is 0.125. The summed E-state index contributed by atoms with van der Waals surface area (Å²) < 4.78 is 37.4. The summed E-state index contributed by atoms with van der Waals surface area (Å²) in [7, 11) is -2.25. The van der Waals surface area contributed by atoms with Gasteiger partial charge in [0.15, 0.2) is 0 Å². The van der Waals surface area contributed by atoms with Crippen molar-refractivity contribution in [1.29, 1.82) is 5.26 Å². The highest BCUT2D eigenvalue weighted by atomic mass is 19.4. The van der Waals surface area contributed by atoms with Gasteiger partial charge < -0.3 is 10.0 Å². The van der Waals surface area contributed by atoms with Crippen molar-refractivity contribution in [2.24, 2.45) is 0 Å². The number of benzene rings is 1. The van der Waals surface area contributed by atoms with Gasteiger partial charge in [-0.2, -0.15) is 18.4 Å². The van der Waals surface area contributed by atoms with Crippen molar-refractivity contribution in [1.82, 2.24) is 0 Å². The number of alkyl halides is 3. The van der Waals surface area contributed by atoms with E-state index in [2.05, 4.69) is 0 Å². The van der Waals surface area contributed by atoms with Crippen LogP contribution in [0.4, 0.5) is 13.2 Å². The van der Waals surface area contributed by atoms with Crippen molar-refractivity contribution in [3.05, 3.63) is 29.3 Å². The van der Waals surface area contributed by atoms with Gasteiger partial charge in [0.25, 0.3) is 0 Å². The van der Waals surface area contributed by atoms with Crippen LogP contribution in [0.5, 0.6) is 0 Å². The van der Waals surface area contributed by atoms with Crippen molar-refractivity contribution in [3.63, 3.8) is 0 Å². The summed E-state index contributed by atoms with van der Waals surface area (Å²) >= 11 is 0. The van der Waals surface area contributed by atoms with Gasteiger partial charge in [0.1, 0.15) is 0 Å². The lowest BCUT2D eigenvalue weighted by Crippen LogP contribution is -2.36. The smallest absolute Gasteiger partial charge is 0.423 e. The second-order valence-electron chi connectivity index (χ2n) is 2.75. The highest BCUT2D eigenvalue weighted by Crippen LogP contribution is 2.30. The topological polar surface area (TPSA) is 64.2 Å². The number of halogens is 3. The third-order valence-corrected chi connectivity index (χ3v) is 1.78. The van der Waals surface area contributed by atoms with Crippen molar-refractivity contribution in [3.8, 4) is 6.07 Å². The van der Waals surface area contributed by atoms with Crippen LogP contribution >= 0.6 is 0 Å². The van der Waals surface area contributed by atoms with Gasteiger partial charge in [-0.1, -0.05) is 12.1 Å². The van der Waals surface area contributed by atoms with Crippen LogP contribution < -0.4 is 5.46 Å². The molecule has 0 saturated heterocycles. The Kier molecular flexibility index (Phi) is 3.02. The van der Waals surface area contributed by atoms with E-state index in [1.54, 1.807) is 0 Å². The monoisotopic (exact) mass is 215 g/mol. The van der Waals surface area contributed by atoms with Crippen LogP contribution in [-0.2, 0) is 6.18 Å². The van der Waals surface area contributed by atoms with E-state index in [0.29, 0.717) is 0 Å². The first-order valence-corrected chi connectivity index (χ1v) is 3.84. The lowest BCUT2D eigenvalue weighted by atomic mass is 9.75. The van der Waals surface area contributed by atoms with E-state index in [4.69, 9.17) is 15.3 Å². The minimum Gasteiger partial charge on any atom is -0.423 e. The van der Waals surface area contributed by atoms with Crippen LogP contribution in [0.15, 0.2) is 18.2 Å². The van der Waals surface area contributed by atoms with Crippen LogP contribution in [0.25, 0.3) is 0 Å². The molecule has 1 rings (SSSR count). The average molecular weight is 215 g/mol. The van der Waals surface area contributed by atoms with Gasteiger partial charge in [0.2, 0.25) is 0 Å². The zero-order chi connectivity index (χ0) is 11.6. The van der Waals surface area contributed by atoms with Gasteiger partial charge in [0, 0.05) is 0 Å². The Hall–Kier alpha value is -1.52. The molecule has 0 fully saturated rings. The second kappa shape index (κ2) is 3.92. The molecule has 0 amide bonds. The van der Waals surface area contributed by atoms with E-state index >= 15 is 0 Å². The molecule has 0 aromatic heterocycles. The van der Waals surface area contributed by atoms with Crippen LogP contribution in [0.3, 0.4) is 0 Å². The lowest BCUT2D eigenvalue weighted by Gasteiger charge is -2.13. The van der Waals surface area contributed by atoms with Crippen molar-refractivity contribution in [2.75, 3.05) is 0 Å². The van der Waals surface area contributed by atoms with Gasteiger partial charge in [0.05, 0.1) is 17.2 Å². The first kappa shape index (κ1) is 11.6. The average Bonchev–Trinajstić information content (AvgIpc) is 2.15. The molecule has 0 aliphatic rings. The Morgan fingerprint density at radius 1 is 1.27 bits per heavy atom.